The Bertz CT molecular complexity index is 870. The highest BCUT2D eigenvalue weighted by Gasteiger charge is 2.39. The van der Waals surface area contributed by atoms with E-state index in [-0.39, 0.29) is 30.2 Å². The van der Waals surface area contributed by atoms with Crippen molar-refractivity contribution in [2.24, 2.45) is 0 Å². The van der Waals surface area contributed by atoms with Gasteiger partial charge in [-0.05, 0) is 50.8 Å². The van der Waals surface area contributed by atoms with Gasteiger partial charge in [0.25, 0.3) is 0 Å². The molecule has 1 saturated heterocycles. The van der Waals surface area contributed by atoms with Gasteiger partial charge in [0.15, 0.2) is 0 Å². The van der Waals surface area contributed by atoms with Crippen LogP contribution >= 0.6 is 0 Å². The van der Waals surface area contributed by atoms with Gasteiger partial charge in [-0.25, -0.2) is 4.39 Å². The minimum Gasteiger partial charge on any atom is -0.389 e. The van der Waals surface area contributed by atoms with Gasteiger partial charge in [-0.15, -0.1) is 0 Å². The van der Waals surface area contributed by atoms with Crippen LogP contribution in [-0.2, 0) is 20.8 Å². The largest absolute Gasteiger partial charge is 0.389 e. The number of halogens is 1. The second-order valence-corrected chi connectivity index (χ2v) is 9.59. The predicted octanol–water partition coefficient (Wildman–Crippen LogP) is 0.825. The molecule has 0 bridgehead atoms. The SMILES string of the molecule is CC(=O)N1CCN([C@@H]2CCC[C@@H](NC(=O)C(C)(C)NC(=O)Cc3cccc(F)c3)[C@H]2O)CC1. The van der Waals surface area contributed by atoms with Crippen molar-refractivity contribution >= 4 is 17.7 Å². The molecule has 1 saturated carbocycles. The number of benzene rings is 1. The lowest BCUT2D eigenvalue weighted by Crippen LogP contribution is -2.63. The van der Waals surface area contributed by atoms with E-state index < -0.39 is 23.5 Å². The molecule has 0 aromatic heterocycles. The van der Waals surface area contributed by atoms with Crippen LogP contribution in [0.5, 0.6) is 0 Å². The number of nitrogens with one attached hydrogen (secondary N) is 2. The smallest absolute Gasteiger partial charge is 0.245 e. The summed E-state index contributed by atoms with van der Waals surface area (Å²) in [7, 11) is 0. The lowest BCUT2D eigenvalue weighted by molar-refractivity contribution is -0.134. The standard InChI is InChI=1S/C24H35FN4O4/c1-16(30)28-10-12-29(13-11-28)20-9-5-8-19(22(20)32)26-23(33)24(2,3)27-21(31)15-17-6-4-7-18(25)14-17/h4,6-7,14,19-20,22,32H,5,8-13,15H2,1-3H3,(H,26,33)(H,27,31)/t19-,20-,22-/m1/s1. The van der Waals surface area contributed by atoms with Gasteiger partial charge in [0, 0.05) is 39.1 Å². The fourth-order valence-corrected chi connectivity index (χ4v) is 4.71. The fourth-order valence-electron chi connectivity index (χ4n) is 4.71. The first kappa shape index (κ1) is 25.1. The van der Waals surface area contributed by atoms with Gasteiger partial charge in [-0.2, -0.15) is 0 Å². The summed E-state index contributed by atoms with van der Waals surface area (Å²) in [5, 5.41) is 16.7. The molecule has 2 fully saturated rings. The van der Waals surface area contributed by atoms with Gasteiger partial charge >= 0.3 is 0 Å². The van der Waals surface area contributed by atoms with E-state index in [2.05, 4.69) is 15.5 Å². The van der Waals surface area contributed by atoms with Gasteiger partial charge in [-0.3, -0.25) is 19.3 Å². The maximum atomic E-state index is 13.4. The summed E-state index contributed by atoms with van der Waals surface area (Å²) in [5.41, 5.74) is -0.663. The maximum absolute atomic E-state index is 13.4. The van der Waals surface area contributed by atoms with Crippen LogP contribution in [0.25, 0.3) is 0 Å². The average Bonchev–Trinajstić information content (AvgIpc) is 2.74. The van der Waals surface area contributed by atoms with E-state index in [0.29, 0.717) is 38.2 Å². The molecule has 0 spiro atoms. The molecule has 0 radical (unpaired) electrons. The first-order valence-corrected chi connectivity index (χ1v) is 11.6. The third-order valence-electron chi connectivity index (χ3n) is 6.64. The molecule has 182 valence electrons. The Hall–Kier alpha value is -2.52. The second kappa shape index (κ2) is 10.6. The highest BCUT2D eigenvalue weighted by Crippen LogP contribution is 2.25. The number of hydrogen-bond acceptors (Lipinski definition) is 5. The lowest BCUT2D eigenvalue weighted by atomic mass is 9.86. The lowest BCUT2D eigenvalue weighted by Gasteiger charge is -2.45. The number of hydrogen-bond donors (Lipinski definition) is 3. The summed E-state index contributed by atoms with van der Waals surface area (Å²) >= 11 is 0. The van der Waals surface area contributed by atoms with E-state index >= 15 is 0 Å². The highest BCUT2D eigenvalue weighted by atomic mass is 19.1. The third-order valence-corrected chi connectivity index (χ3v) is 6.64. The van der Waals surface area contributed by atoms with Crippen molar-refractivity contribution in [2.45, 2.75) is 70.2 Å². The van der Waals surface area contributed by atoms with Crippen molar-refractivity contribution in [3.05, 3.63) is 35.6 Å². The molecule has 3 atom stereocenters. The Kier molecular flexibility index (Phi) is 8.07. The zero-order valence-corrected chi connectivity index (χ0v) is 19.6. The maximum Gasteiger partial charge on any atom is 0.245 e. The van der Waals surface area contributed by atoms with Crippen LogP contribution in [0.2, 0.25) is 0 Å². The number of aliphatic hydroxyl groups excluding tert-OH is 1. The van der Waals surface area contributed by atoms with Crippen LogP contribution in [0.3, 0.4) is 0 Å². The van der Waals surface area contributed by atoms with E-state index in [9.17, 15) is 23.9 Å². The van der Waals surface area contributed by atoms with Crippen molar-refractivity contribution in [3.8, 4) is 0 Å². The number of aliphatic hydroxyl groups is 1. The van der Waals surface area contributed by atoms with E-state index in [4.69, 9.17) is 0 Å². The Morgan fingerprint density at radius 3 is 2.48 bits per heavy atom. The number of nitrogens with zero attached hydrogens (tertiary/aromatic N) is 2. The number of carbonyl (C=O) groups excluding carboxylic acids is 3. The normalized spacial score (nSPS) is 24.3. The molecule has 1 heterocycles. The predicted molar refractivity (Wildman–Crippen MR) is 122 cm³/mol. The summed E-state index contributed by atoms with van der Waals surface area (Å²) < 4.78 is 13.4. The number of rotatable bonds is 6. The number of carbonyl (C=O) groups is 3. The van der Waals surface area contributed by atoms with Gasteiger partial charge in [0.1, 0.15) is 11.4 Å². The second-order valence-electron chi connectivity index (χ2n) is 9.59. The van der Waals surface area contributed by atoms with E-state index in [1.807, 2.05) is 0 Å². The first-order valence-electron chi connectivity index (χ1n) is 11.6. The zero-order valence-electron chi connectivity index (χ0n) is 19.6. The Labute approximate surface area is 194 Å². The van der Waals surface area contributed by atoms with Gasteiger partial charge < -0.3 is 20.6 Å². The van der Waals surface area contributed by atoms with Crippen LogP contribution in [0.15, 0.2) is 24.3 Å². The molecule has 1 aliphatic carbocycles. The fraction of sp³-hybridized carbons (Fsp3) is 0.625. The molecule has 0 unspecified atom stereocenters. The van der Waals surface area contributed by atoms with Crippen LogP contribution < -0.4 is 10.6 Å². The zero-order chi connectivity index (χ0) is 24.2. The Balaban J connectivity index is 1.54. The number of amides is 3. The van der Waals surface area contributed by atoms with Crippen LogP contribution in [0.1, 0.15) is 45.6 Å². The third kappa shape index (κ3) is 6.51. The van der Waals surface area contributed by atoms with Crippen LogP contribution in [0.4, 0.5) is 4.39 Å². The van der Waals surface area contributed by atoms with Gasteiger partial charge in [0.2, 0.25) is 17.7 Å². The molecular formula is C24H35FN4O4. The molecule has 9 heteroatoms. The minimum atomic E-state index is -1.19. The van der Waals surface area contributed by atoms with Crippen molar-refractivity contribution in [1.82, 2.24) is 20.4 Å². The minimum absolute atomic E-state index is 0.0329. The molecule has 3 N–H and O–H groups in total. The molecule has 3 rings (SSSR count). The average molecular weight is 463 g/mol. The van der Waals surface area contributed by atoms with E-state index in [0.717, 1.165) is 12.8 Å². The van der Waals surface area contributed by atoms with E-state index in [1.165, 1.54) is 18.2 Å². The number of piperazine rings is 1. The van der Waals surface area contributed by atoms with Crippen molar-refractivity contribution in [3.63, 3.8) is 0 Å². The molecule has 1 aliphatic heterocycles. The first-order chi connectivity index (χ1) is 15.6. The quantitative estimate of drug-likeness (QED) is 0.581. The molecule has 1 aromatic carbocycles. The summed E-state index contributed by atoms with van der Waals surface area (Å²) in [5.74, 6) is -1.11. The monoisotopic (exact) mass is 462 g/mol. The van der Waals surface area contributed by atoms with Crippen molar-refractivity contribution in [2.75, 3.05) is 26.2 Å². The van der Waals surface area contributed by atoms with Crippen LogP contribution in [-0.4, -0.2) is 82.5 Å². The highest BCUT2D eigenvalue weighted by molar-refractivity contribution is 5.91. The van der Waals surface area contributed by atoms with E-state index in [1.54, 1.807) is 31.7 Å². The molecular weight excluding hydrogens is 427 g/mol. The van der Waals surface area contributed by atoms with Crippen molar-refractivity contribution in [1.29, 1.82) is 0 Å². The van der Waals surface area contributed by atoms with Crippen molar-refractivity contribution < 1.29 is 23.9 Å². The Morgan fingerprint density at radius 2 is 1.85 bits per heavy atom. The summed E-state index contributed by atoms with van der Waals surface area (Å²) in [6, 6.07) is 5.30. The van der Waals surface area contributed by atoms with Gasteiger partial charge in [-0.1, -0.05) is 12.1 Å². The molecule has 33 heavy (non-hydrogen) atoms. The van der Waals surface area contributed by atoms with Crippen LogP contribution in [0, 0.1) is 5.82 Å². The topological polar surface area (TPSA) is 102 Å². The molecule has 8 nitrogen and oxygen atoms in total. The summed E-state index contributed by atoms with van der Waals surface area (Å²) in [4.78, 5) is 41.0. The summed E-state index contributed by atoms with van der Waals surface area (Å²) in [6.07, 6.45) is 1.59. The van der Waals surface area contributed by atoms with Gasteiger partial charge in [0.05, 0.1) is 18.6 Å². The Morgan fingerprint density at radius 1 is 1.15 bits per heavy atom. The molecule has 2 aliphatic rings. The molecule has 3 amide bonds. The molecule has 1 aromatic rings. The summed E-state index contributed by atoms with van der Waals surface area (Å²) in [6.45, 7) is 7.46.